The van der Waals surface area contributed by atoms with Crippen molar-refractivity contribution in [2.24, 2.45) is 0 Å². The number of nitrogens with one attached hydrogen (secondary N) is 2. The van der Waals surface area contributed by atoms with Crippen LogP contribution in [0.5, 0.6) is 0 Å². The molecule has 23 heavy (non-hydrogen) atoms. The molecule has 0 saturated heterocycles. The molecule has 0 fully saturated rings. The lowest BCUT2D eigenvalue weighted by Crippen LogP contribution is -2.22. The van der Waals surface area contributed by atoms with Gasteiger partial charge >= 0.3 is 0 Å². The van der Waals surface area contributed by atoms with E-state index in [1.807, 2.05) is 0 Å². The van der Waals surface area contributed by atoms with Crippen LogP contribution < -0.4 is 10.6 Å². The lowest BCUT2D eigenvalue weighted by Gasteiger charge is -2.14. The van der Waals surface area contributed by atoms with Crippen molar-refractivity contribution in [2.75, 3.05) is 11.9 Å². The molecule has 3 heterocycles. The largest absolute Gasteiger partial charge is 0.337 e. The van der Waals surface area contributed by atoms with Crippen molar-refractivity contribution in [1.29, 1.82) is 0 Å². The van der Waals surface area contributed by atoms with Crippen molar-refractivity contribution in [2.45, 2.75) is 19.9 Å². The minimum Gasteiger partial charge on any atom is -0.337 e. The van der Waals surface area contributed by atoms with E-state index in [4.69, 9.17) is 0 Å². The second-order valence-electron chi connectivity index (χ2n) is 5.54. The minimum absolute atomic E-state index is 0.220. The number of aryl methyl sites for hydroxylation is 1. The first-order valence-corrected chi connectivity index (χ1v) is 8.14. The van der Waals surface area contributed by atoms with Crippen molar-refractivity contribution < 1.29 is 8.78 Å². The normalized spacial score (nSPS) is 14.0. The number of anilines is 2. The van der Waals surface area contributed by atoms with Crippen molar-refractivity contribution in [3.05, 3.63) is 46.1 Å². The Hall–Kier alpha value is -2.12. The van der Waals surface area contributed by atoms with E-state index >= 15 is 0 Å². The highest BCUT2D eigenvalue weighted by Crippen LogP contribution is 2.36. The molecule has 2 aromatic heterocycles. The fourth-order valence-corrected chi connectivity index (χ4v) is 3.99. The third-order valence-corrected chi connectivity index (χ3v) is 5.15. The average molecular weight is 332 g/mol. The van der Waals surface area contributed by atoms with Gasteiger partial charge in [0.15, 0.2) is 0 Å². The fourth-order valence-electron chi connectivity index (χ4n) is 2.83. The molecule has 1 aliphatic rings. The summed E-state index contributed by atoms with van der Waals surface area (Å²) in [5.74, 6) is -0.621. The van der Waals surface area contributed by atoms with Crippen LogP contribution in [0, 0.1) is 18.6 Å². The van der Waals surface area contributed by atoms with Gasteiger partial charge in [-0.15, -0.1) is 11.3 Å². The molecule has 2 N–H and O–H groups in total. The summed E-state index contributed by atoms with van der Waals surface area (Å²) in [7, 11) is 0. The monoisotopic (exact) mass is 332 g/mol. The minimum atomic E-state index is -0.634. The van der Waals surface area contributed by atoms with Crippen molar-refractivity contribution in [3.63, 3.8) is 0 Å². The summed E-state index contributed by atoms with van der Waals surface area (Å²) in [4.78, 5) is 10.7. The number of aromatic nitrogens is 2. The van der Waals surface area contributed by atoms with Crippen LogP contribution in [-0.2, 0) is 13.0 Å². The summed E-state index contributed by atoms with van der Waals surface area (Å²) < 4.78 is 27.5. The van der Waals surface area contributed by atoms with Gasteiger partial charge in [-0.25, -0.2) is 18.7 Å². The topological polar surface area (TPSA) is 49.8 Å². The SMILES string of the molecule is Cc1cc(Nc2ncnc3sc4c(c23)CCNC4)c(F)cc1F. The zero-order valence-corrected chi connectivity index (χ0v) is 13.2. The standard InChI is InChI=1S/C16H14F2N4S/c1-8-4-12(11(18)5-10(8)17)22-15-14-9-2-3-19-6-13(9)23-16(14)21-7-20-15/h4-5,7,19H,2-3,6H2,1H3,(H,20,21,22). The van der Waals surface area contributed by atoms with E-state index in [9.17, 15) is 8.78 Å². The number of rotatable bonds is 2. The van der Waals surface area contributed by atoms with Crippen LogP contribution in [0.2, 0.25) is 0 Å². The number of fused-ring (bicyclic) bond motifs is 3. The van der Waals surface area contributed by atoms with Gasteiger partial charge in [-0.1, -0.05) is 0 Å². The van der Waals surface area contributed by atoms with Gasteiger partial charge in [0, 0.05) is 17.5 Å². The molecule has 0 atom stereocenters. The predicted molar refractivity (Wildman–Crippen MR) is 87.2 cm³/mol. The molecule has 0 saturated carbocycles. The Morgan fingerprint density at radius 2 is 2.09 bits per heavy atom. The number of benzene rings is 1. The molecule has 7 heteroatoms. The lowest BCUT2D eigenvalue weighted by atomic mass is 10.1. The highest BCUT2D eigenvalue weighted by atomic mass is 32.1. The third-order valence-electron chi connectivity index (χ3n) is 4.01. The Balaban J connectivity index is 1.83. The van der Waals surface area contributed by atoms with E-state index in [1.54, 1.807) is 18.3 Å². The Morgan fingerprint density at radius 1 is 1.22 bits per heavy atom. The van der Waals surface area contributed by atoms with Crippen LogP contribution in [0.1, 0.15) is 16.0 Å². The Morgan fingerprint density at radius 3 is 2.96 bits per heavy atom. The van der Waals surface area contributed by atoms with E-state index in [-0.39, 0.29) is 5.69 Å². The van der Waals surface area contributed by atoms with E-state index < -0.39 is 11.6 Å². The first kappa shape index (κ1) is 14.5. The molecule has 3 aromatic rings. The molecule has 1 aromatic carbocycles. The van der Waals surface area contributed by atoms with Crippen molar-refractivity contribution in [1.82, 2.24) is 15.3 Å². The van der Waals surface area contributed by atoms with Crippen LogP contribution in [0.3, 0.4) is 0 Å². The quantitative estimate of drug-likeness (QED) is 0.752. The maximum Gasteiger partial charge on any atom is 0.149 e. The molecule has 0 bridgehead atoms. The van der Waals surface area contributed by atoms with Gasteiger partial charge in [0.25, 0.3) is 0 Å². The van der Waals surface area contributed by atoms with Gasteiger partial charge in [-0.3, -0.25) is 0 Å². The number of hydrogen-bond acceptors (Lipinski definition) is 5. The van der Waals surface area contributed by atoms with Crippen LogP contribution >= 0.6 is 11.3 Å². The summed E-state index contributed by atoms with van der Waals surface area (Å²) in [5, 5.41) is 7.29. The van der Waals surface area contributed by atoms with E-state index in [0.29, 0.717) is 11.4 Å². The molecule has 0 radical (unpaired) electrons. The third kappa shape index (κ3) is 2.46. The van der Waals surface area contributed by atoms with Gasteiger partial charge in [-0.05, 0) is 37.1 Å². The van der Waals surface area contributed by atoms with Gasteiger partial charge in [0.1, 0.15) is 28.6 Å². The second-order valence-corrected chi connectivity index (χ2v) is 6.62. The molecular weight excluding hydrogens is 318 g/mol. The van der Waals surface area contributed by atoms with E-state index in [2.05, 4.69) is 20.6 Å². The van der Waals surface area contributed by atoms with Gasteiger partial charge in [0.2, 0.25) is 0 Å². The fraction of sp³-hybridized carbons (Fsp3) is 0.250. The van der Waals surface area contributed by atoms with Crippen LogP contribution in [-0.4, -0.2) is 16.5 Å². The molecule has 1 aliphatic heterocycles. The zero-order valence-electron chi connectivity index (χ0n) is 12.4. The molecule has 0 spiro atoms. The average Bonchev–Trinajstić information content (AvgIpc) is 2.92. The van der Waals surface area contributed by atoms with Crippen LogP contribution in [0.15, 0.2) is 18.5 Å². The van der Waals surface area contributed by atoms with Gasteiger partial charge < -0.3 is 10.6 Å². The van der Waals surface area contributed by atoms with Crippen LogP contribution in [0.25, 0.3) is 10.2 Å². The molecule has 4 nitrogen and oxygen atoms in total. The smallest absolute Gasteiger partial charge is 0.149 e. The zero-order chi connectivity index (χ0) is 16.0. The molecule has 118 valence electrons. The Bertz CT molecular complexity index is 907. The summed E-state index contributed by atoms with van der Waals surface area (Å²) in [5.41, 5.74) is 1.82. The molecule has 0 unspecified atom stereocenters. The first-order valence-electron chi connectivity index (χ1n) is 7.32. The van der Waals surface area contributed by atoms with Crippen LogP contribution in [0.4, 0.5) is 20.3 Å². The number of hydrogen-bond donors (Lipinski definition) is 2. The van der Waals surface area contributed by atoms with Crippen molar-refractivity contribution in [3.8, 4) is 0 Å². The summed E-state index contributed by atoms with van der Waals surface area (Å²) >= 11 is 1.63. The summed E-state index contributed by atoms with van der Waals surface area (Å²) in [6.45, 7) is 3.32. The highest BCUT2D eigenvalue weighted by Gasteiger charge is 2.20. The summed E-state index contributed by atoms with van der Waals surface area (Å²) in [6, 6.07) is 2.35. The molecule has 4 rings (SSSR count). The lowest BCUT2D eigenvalue weighted by molar-refractivity contribution is 0.580. The van der Waals surface area contributed by atoms with Gasteiger partial charge in [-0.2, -0.15) is 0 Å². The van der Waals surface area contributed by atoms with Crippen molar-refractivity contribution >= 4 is 33.1 Å². The Kier molecular flexibility index (Phi) is 3.46. The maximum absolute atomic E-state index is 14.0. The summed E-state index contributed by atoms with van der Waals surface area (Å²) in [6.07, 6.45) is 2.36. The number of nitrogens with zero attached hydrogens (tertiary/aromatic N) is 2. The highest BCUT2D eigenvalue weighted by molar-refractivity contribution is 7.19. The predicted octanol–water partition coefficient (Wildman–Crippen LogP) is 3.67. The number of halogens is 2. The Labute approximate surface area is 135 Å². The second kappa shape index (κ2) is 5.50. The molecule has 0 aliphatic carbocycles. The number of thiophene rings is 1. The van der Waals surface area contributed by atoms with E-state index in [0.717, 1.165) is 35.8 Å². The van der Waals surface area contributed by atoms with Gasteiger partial charge in [0.05, 0.1) is 11.1 Å². The maximum atomic E-state index is 14.0. The molecular formula is C16H14F2N4S. The first-order chi connectivity index (χ1) is 11.1. The van der Waals surface area contributed by atoms with E-state index in [1.165, 1.54) is 22.8 Å². The molecule has 0 amide bonds.